The van der Waals surface area contributed by atoms with Gasteiger partial charge in [0, 0.05) is 34.8 Å². The van der Waals surface area contributed by atoms with Gasteiger partial charge in [-0.1, -0.05) is 18.2 Å². The number of nitrogens with zero attached hydrogens (tertiary/aromatic N) is 3. The number of carbonyl (C=O) groups is 1. The van der Waals surface area contributed by atoms with Crippen molar-refractivity contribution in [1.82, 2.24) is 19.4 Å². The minimum atomic E-state index is -0.694. The number of carboxylic acid groups (broad SMARTS) is 1. The Kier molecular flexibility index (Phi) is 4.83. The number of nitrogen functional groups attached to an aromatic ring is 1. The average Bonchev–Trinajstić information content (AvgIpc) is 3.57. The SMILES string of the molecule is Nc1nccn2c(C3CCC(C(=O)O)CC3)nc(-c3cc4c([nH]3)C(c3cccs3)CC=C4)c12. The largest absolute Gasteiger partial charge is 0.481 e. The van der Waals surface area contributed by atoms with Crippen molar-refractivity contribution in [1.29, 1.82) is 0 Å². The van der Waals surface area contributed by atoms with Gasteiger partial charge in [-0.05, 0) is 55.2 Å². The molecule has 4 heterocycles. The molecule has 2 aliphatic rings. The smallest absolute Gasteiger partial charge is 0.306 e. The molecular weight excluding hydrogens is 434 g/mol. The van der Waals surface area contributed by atoms with Gasteiger partial charge in [0.1, 0.15) is 22.9 Å². The number of aromatic nitrogens is 4. The molecule has 4 aromatic heterocycles. The Morgan fingerprint density at radius 1 is 1.27 bits per heavy atom. The molecular formula is C25H25N5O2S. The van der Waals surface area contributed by atoms with Crippen LogP contribution in [0.2, 0.25) is 0 Å². The van der Waals surface area contributed by atoms with E-state index in [0.717, 1.165) is 42.0 Å². The highest BCUT2D eigenvalue weighted by Crippen LogP contribution is 2.41. The molecule has 33 heavy (non-hydrogen) atoms. The molecule has 0 aromatic carbocycles. The van der Waals surface area contributed by atoms with Gasteiger partial charge in [0.25, 0.3) is 0 Å². The summed E-state index contributed by atoms with van der Waals surface area (Å²) in [4.78, 5) is 25.8. The van der Waals surface area contributed by atoms with Gasteiger partial charge < -0.3 is 15.8 Å². The third-order valence-electron chi connectivity index (χ3n) is 7.09. The third kappa shape index (κ3) is 3.36. The second kappa shape index (κ2) is 7.88. The Morgan fingerprint density at radius 2 is 2.12 bits per heavy atom. The van der Waals surface area contributed by atoms with Crippen molar-refractivity contribution >= 4 is 34.7 Å². The fraction of sp³-hybridized carbons (Fsp3) is 0.320. The molecule has 1 fully saturated rings. The summed E-state index contributed by atoms with van der Waals surface area (Å²) >= 11 is 1.78. The zero-order valence-electron chi connectivity index (χ0n) is 18.1. The lowest BCUT2D eigenvalue weighted by Gasteiger charge is -2.25. The first-order valence-corrected chi connectivity index (χ1v) is 12.3. The Bertz CT molecular complexity index is 1360. The van der Waals surface area contributed by atoms with Crippen molar-refractivity contribution in [3.63, 3.8) is 0 Å². The maximum atomic E-state index is 11.4. The van der Waals surface area contributed by atoms with Gasteiger partial charge in [-0.15, -0.1) is 11.3 Å². The summed E-state index contributed by atoms with van der Waals surface area (Å²) in [6.45, 7) is 0. The predicted molar refractivity (Wildman–Crippen MR) is 129 cm³/mol. The van der Waals surface area contributed by atoms with Gasteiger partial charge in [0.15, 0.2) is 0 Å². The number of hydrogen-bond acceptors (Lipinski definition) is 5. The summed E-state index contributed by atoms with van der Waals surface area (Å²) in [6, 6.07) is 6.45. The number of aliphatic carboxylic acids is 1. The number of aromatic amines is 1. The van der Waals surface area contributed by atoms with Crippen molar-refractivity contribution in [3.8, 4) is 11.4 Å². The van der Waals surface area contributed by atoms with Gasteiger partial charge in [-0.25, -0.2) is 9.97 Å². The van der Waals surface area contributed by atoms with Crippen LogP contribution in [0.5, 0.6) is 0 Å². The normalized spacial score (nSPS) is 22.5. The molecule has 4 N–H and O–H groups in total. The second-order valence-corrected chi connectivity index (χ2v) is 9.97. The van der Waals surface area contributed by atoms with Crippen molar-refractivity contribution in [2.45, 2.75) is 43.9 Å². The van der Waals surface area contributed by atoms with Gasteiger partial charge >= 0.3 is 5.97 Å². The fourth-order valence-electron chi connectivity index (χ4n) is 5.40. The number of carboxylic acids is 1. The fourth-order valence-corrected chi connectivity index (χ4v) is 6.25. The molecule has 2 aliphatic carbocycles. The Hall–Kier alpha value is -3.39. The van der Waals surface area contributed by atoms with Crippen molar-refractivity contribution in [2.75, 3.05) is 5.73 Å². The average molecular weight is 460 g/mol. The zero-order chi connectivity index (χ0) is 22.5. The van der Waals surface area contributed by atoms with Crippen LogP contribution in [0.1, 0.15) is 65.9 Å². The summed E-state index contributed by atoms with van der Waals surface area (Å²) in [6.07, 6.45) is 12.0. The van der Waals surface area contributed by atoms with Crippen LogP contribution in [-0.4, -0.2) is 30.4 Å². The van der Waals surface area contributed by atoms with Gasteiger partial charge in [0.2, 0.25) is 0 Å². The molecule has 1 saturated carbocycles. The number of thiophene rings is 1. The highest BCUT2D eigenvalue weighted by molar-refractivity contribution is 7.10. The van der Waals surface area contributed by atoms with E-state index >= 15 is 0 Å². The highest BCUT2D eigenvalue weighted by Gasteiger charge is 2.31. The molecule has 1 atom stereocenters. The first kappa shape index (κ1) is 20.2. The molecule has 168 valence electrons. The van der Waals surface area contributed by atoms with Crippen LogP contribution >= 0.6 is 11.3 Å². The minimum absolute atomic E-state index is 0.201. The standard InChI is InChI=1S/C25H25N5O2S/c26-23-22-21(18-13-16-3-1-4-17(20(16)28-18)19-5-2-12-33-19)29-24(30(22)11-10-27-23)14-6-8-15(9-7-14)25(31)32/h1-3,5,10-15,17,28H,4,6-9H2,(H2,26,27)(H,31,32). The molecule has 0 saturated heterocycles. The van der Waals surface area contributed by atoms with Crippen LogP contribution in [-0.2, 0) is 4.79 Å². The molecule has 6 rings (SSSR count). The van der Waals surface area contributed by atoms with Crippen LogP contribution < -0.4 is 5.73 Å². The van der Waals surface area contributed by atoms with E-state index in [1.165, 1.54) is 16.1 Å². The molecule has 7 nitrogen and oxygen atoms in total. The number of anilines is 1. The predicted octanol–water partition coefficient (Wildman–Crippen LogP) is 5.28. The minimum Gasteiger partial charge on any atom is -0.481 e. The molecule has 0 radical (unpaired) electrons. The number of rotatable bonds is 4. The van der Waals surface area contributed by atoms with E-state index in [1.807, 2.05) is 6.20 Å². The zero-order valence-corrected chi connectivity index (χ0v) is 18.9. The van der Waals surface area contributed by atoms with Crippen LogP contribution in [0.4, 0.5) is 5.82 Å². The van der Waals surface area contributed by atoms with E-state index in [0.29, 0.717) is 24.6 Å². The third-order valence-corrected chi connectivity index (χ3v) is 8.08. The van der Waals surface area contributed by atoms with E-state index in [4.69, 9.17) is 10.7 Å². The van der Waals surface area contributed by atoms with Crippen LogP contribution in [0.25, 0.3) is 23.0 Å². The molecule has 4 aromatic rings. The van der Waals surface area contributed by atoms with Gasteiger partial charge in [-0.2, -0.15) is 0 Å². The van der Waals surface area contributed by atoms with E-state index < -0.39 is 5.97 Å². The number of hydrogen-bond donors (Lipinski definition) is 3. The molecule has 0 bridgehead atoms. The monoisotopic (exact) mass is 459 g/mol. The first-order chi connectivity index (χ1) is 16.1. The van der Waals surface area contributed by atoms with Crippen LogP contribution in [0, 0.1) is 5.92 Å². The molecule has 1 unspecified atom stereocenters. The maximum absolute atomic E-state index is 11.4. The Balaban J connectivity index is 1.43. The quantitative estimate of drug-likeness (QED) is 0.385. The van der Waals surface area contributed by atoms with E-state index in [-0.39, 0.29) is 11.8 Å². The van der Waals surface area contributed by atoms with Crippen molar-refractivity contribution < 1.29 is 9.90 Å². The number of allylic oxidation sites excluding steroid dienone is 1. The first-order valence-electron chi connectivity index (χ1n) is 11.4. The number of fused-ring (bicyclic) bond motifs is 2. The molecule has 8 heteroatoms. The van der Waals surface area contributed by atoms with Gasteiger partial charge in [0.05, 0.1) is 11.6 Å². The highest BCUT2D eigenvalue weighted by atomic mass is 32.1. The molecule has 0 spiro atoms. The number of H-pyrrole nitrogens is 1. The van der Waals surface area contributed by atoms with Crippen LogP contribution in [0.15, 0.2) is 42.0 Å². The van der Waals surface area contributed by atoms with Gasteiger partial charge in [-0.3, -0.25) is 9.20 Å². The second-order valence-electron chi connectivity index (χ2n) is 8.99. The summed E-state index contributed by atoms with van der Waals surface area (Å²) < 4.78 is 2.05. The number of nitrogens with two attached hydrogens (primary N) is 1. The van der Waals surface area contributed by atoms with E-state index in [2.05, 4.69) is 50.1 Å². The Labute approximate surface area is 195 Å². The Morgan fingerprint density at radius 3 is 2.88 bits per heavy atom. The number of nitrogens with one attached hydrogen (secondary N) is 1. The maximum Gasteiger partial charge on any atom is 0.306 e. The topological polar surface area (TPSA) is 109 Å². The van der Waals surface area contributed by atoms with Crippen molar-refractivity contribution in [3.05, 3.63) is 64.0 Å². The molecule has 0 amide bonds. The molecule has 0 aliphatic heterocycles. The summed E-state index contributed by atoms with van der Waals surface area (Å²) in [5, 5.41) is 11.5. The lowest BCUT2D eigenvalue weighted by Crippen LogP contribution is -2.21. The van der Waals surface area contributed by atoms with Crippen molar-refractivity contribution in [2.24, 2.45) is 5.92 Å². The summed E-state index contributed by atoms with van der Waals surface area (Å²) in [7, 11) is 0. The summed E-state index contributed by atoms with van der Waals surface area (Å²) in [5.74, 6) is 0.954. The lowest BCUT2D eigenvalue weighted by atomic mass is 9.81. The van der Waals surface area contributed by atoms with E-state index in [9.17, 15) is 9.90 Å². The lowest BCUT2D eigenvalue weighted by molar-refractivity contribution is -0.142. The van der Waals surface area contributed by atoms with E-state index in [1.54, 1.807) is 17.5 Å². The van der Waals surface area contributed by atoms with Crippen LogP contribution in [0.3, 0.4) is 0 Å². The summed E-state index contributed by atoms with van der Waals surface area (Å²) in [5.41, 5.74) is 11.3. The number of imidazole rings is 1.